The van der Waals surface area contributed by atoms with Crippen LogP contribution in [0.5, 0.6) is 0 Å². The topological polar surface area (TPSA) is 50.9 Å². The van der Waals surface area contributed by atoms with Gasteiger partial charge in [0.25, 0.3) is 0 Å². The summed E-state index contributed by atoms with van der Waals surface area (Å²) in [5, 5.41) is 0. The van der Waals surface area contributed by atoms with E-state index in [2.05, 4.69) is 23.7 Å². The maximum atomic E-state index is 6.01. The zero-order valence-corrected chi connectivity index (χ0v) is 10.6. The molecule has 92 valence electrons. The molecular formula is C12H23N3O. The zero-order valence-electron chi connectivity index (χ0n) is 10.6. The normalized spacial score (nSPS) is 34.9. The third kappa shape index (κ3) is 1.79. The van der Waals surface area contributed by atoms with Gasteiger partial charge in [-0.05, 0) is 39.5 Å². The van der Waals surface area contributed by atoms with Gasteiger partial charge >= 0.3 is 0 Å². The lowest BCUT2D eigenvalue weighted by atomic mass is 9.79. The van der Waals surface area contributed by atoms with Crippen LogP contribution in [0.4, 0.5) is 0 Å². The highest BCUT2D eigenvalue weighted by molar-refractivity contribution is 5.81. The molecule has 0 aromatic rings. The number of nitrogens with zero attached hydrogens (tertiary/aromatic N) is 2. The minimum Gasteiger partial charge on any atom is -0.381 e. The molecule has 0 saturated heterocycles. The van der Waals surface area contributed by atoms with Gasteiger partial charge < -0.3 is 15.4 Å². The first-order valence-corrected chi connectivity index (χ1v) is 6.21. The number of nitrogens with two attached hydrogens (primary N) is 1. The molecule has 2 atom stereocenters. The second-order valence-corrected chi connectivity index (χ2v) is 5.32. The van der Waals surface area contributed by atoms with Gasteiger partial charge in [0.1, 0.15) is 0 Å². The second kappa shape index (κ2) is 4.24. The van der Waals surface area contributed by atoms with Crippen molar-refractivity contribution in [2.75, 3.05) is 13.7 Å². The van der Waals surface area contributed by atoms with Gasteiger partial charge in [-0.3, -0.25) is 4.99 Å². The van der Waals surface area contributed by atoms with Crippen LogP contribution in [0, 0.1) is 0 Å². The molecule has 0 amide bonds. The van der Waals surface area contributed by atoms with E-state index in [4.69, 9.17) is 10.5 Å². The highest BCUT2D eigenvalue weighted by atomic mass is 16.5. The third-order valence-corrected chi connectivity index (χ3v) is 3.92. The van der Waals surface area contributed by atoms with E-state index < -0.39 is 0 Å². The van der Waals surface area contributed by atoms with Crippen LogP contribution in [0.15, 0.2) is 4.99 Å². The molecular weight excluding hydrogens is 202 g/mol. The van der Waals surface area contributed by atoms with Crippen molar-refractivity contribution >= 4 is 5.96 Å². The van der Waals surface area contributed by atoms with Crippen LogP contribution in [0.25, 0.3) is 0 Å². The van der Waals surface area contributed by atoms with E-state index in [0.717, 1.165) is 13.0 Å². The summed E-state index contributed by atoms with van der Waals surface area (Å²) in [6.07, 6.45) is 5.01. The number of methoxy groups -OCH3 is 1. The number of hydrogen-bond acceptors (Lipinski definition) is 4. The number of rotatable bonds is 2. The van der Waals surface area contributed by atoms with Crippen molar-refractivity contribution in [3.63, 3.8) is 0 Å². The van der Waals surface area contributed by atoms with Gasteiger partial charge in [-0.25, -0.2) is 0 Å². The van der Waals surface area contributed by atoms with E-state index in [0.29, 0.717) is 18.1 Å². The molecule has 0 aromatic heterocycles. The first kappa shape index (κ1) is 11.7. The van der Waals surface area contributed by atoms with Gasteiger partial charge in [-0.2, -0.15) is 0 Å². The minimum atomic E-state index is 0.136. The van der Waals surface area contributed by atoms with E-state index in [-0.39, 0.29) is 5.54 Å². The van der Waals surface area contributed by atoms with Gasteiger partial charge in [0.05, 0.1) is 18.2 Å². The van der Waals surface area contributed by atoms with Gasteiger partial charge in [0, 0.05) is 13.2 Å². The van der Waals surface area contributed by atoms with E-state index in [9.17, 15) is 0 Å². The first-order valence-electron chi connectivity index (χ1n) is 6.21. The molecule has 0 aromatic carbocycles. The van der Waals surface area contributed by atoms with E-state index in [1.165, 1.54) is 19.3 Å². The molecule has 4 nitrogen and oxygen atoms in total. The smallest absolute Gasteiger partial charge is 0.192 e. The largest absolute Gasteiger partial charge is 0.381 e. The molecule has 0 bridgehead atoms. The van der Waals surface area contributed by atoms with Crippen LogP contribution in [0.1, 0.15) is 39.5 Å². The standard InChI is InChI=1S/C12H23N3O/c1-9(2)15-11(13)14-8-12(15)6-4-5-10(7-12)16-3/h9-10H,4-8H2,1-3H3,(H2,13,14). The highest BCUT2D eigenvalue weighted by Gasteiger charge is 2.46. The van der Waals surface area contributed by atoms with Gasteiger partial charge in [0.2, 0.25) is 0 Å². The van der Waals surface area contributed by atoms with E-state index >= 15 is 0 Å². The predicted molar refractivity (Wildman–Crippen MR) is 65.5 cm³/mol. The van der Waals surface area contributed by atoms with Crippen molar-refractivity contribution in [2.45, 2.75) is 57.2 Å². The quantitative estimate of drug-likeness (QED) is 0.772. The Balaban J connectivity index is 2.18. The molecule has 2 N–H and O–H groups in total. The molecule has 1 saturated carbocycles. The molecule has 2 unspecified atom stereocenters. The van der Waals surface area contributed by atoms with Crippen molar-refractivity contribution in [1.29, 1.82) is 0 Å². The van der Waals surface area contributed by atoms with Crippen molar-refractivity contribution < 1.29 is 4.74 Å². The minimum absolute atomic E-state index is 0.136. The van der Waals surface area contributed by atoms with E-state index in [1.807, 2.05) is 7.11 Å². The average molecular weight is 225 g/mol. The van der Waals surface area contributed by atoms with Crippen LogP contribution >= 0.6 is 0 Å². The number of ether oxygens (including phenoxy) is 1. The SMILES string of the molecule is COC1CCCC2(CN=C(N)N2C(C)C)C1. The number of guanidine groups is 1. The van der Waals surface area contributed by atoms with Gasteiger partial charge in [0.15, 0.2) is 5.96 Å². The number of hydrogen-bond donors (Lipinski definition) is 1. The maximum absolute atomic E-state index is 6.01. The Morgan fingerprint density at radius 2 is 2.31 bits per heavy atom. The molecule has 0 radical (unpaired) electrons. The second-order valence-electron chi connectivity index (χ2n) is 5.32. The Labute approximate surface area is 97.9 Å². The fourth-order valence-electron chi connectivity index (χ4n) is 3.29. The molecule has 1 aliphatic heterocycles. The Bertz CT molecular complexity index is 290. The van der Waals surface area contributed by atoms with Crippen LogP contribution in [-0.4, -0.2) is 42.2 Å². The maximum Gasteiger partial charge on any atom is 0.192 e. The van der Waals surface area contributed by atoms with Crippen molar-refractivity contribution in [3.05, 3.63) is 0 Å². The summed E-state index contributed by atoms with van der Waals surface area (Å²) >= 11 is 0. The molecule has 2 aliphatic rings. The van der Waals surface area contributed by atoms with Crippen LogP contribution in [0.3, 0.4) is 0 Å². The Morgan fingerprint density at radius 1 is 1.56 bits per heavy atom. The lowest BCUT2D eigenvalue weighted by Gasteiger charge is -2.46. The fourth-order valence-corrected chi connectivity index (χ4v) is 3.29. The molecule has 1 fully saturated rings. The Kier molecular flexibility index (Phi) is 3.10. The van der Waals surface area contributed by atoms with Gasteiger partial charge in [-0.15, -0.1) is 0 Å². The van der Waals surface area contributed by atoms with Crippen LogP contribution in [0.2, 0.25) is 0 Å². The molecule has 1 heterocycles. The highest BCUT2D eigenvalue weighted by Crippen LogP contribution is 2.38. The average Bonchev–Trinajstić information content (AvgIpc) is 2.55. The summed E-state index contributed by atoms with van der Waals surface area (Å²) in [6, 6.07) is 0.418. The summed E-state index contributed by atoms with van der Waals surface area (Å²) in [4.78, 5) is 6.75. The molecule has 4 heteroatoms. The number of aliphatic imine (C=N–C) groups is 1. The predicted octanol–water partition coefficient (Wildman–Crippen LogP) is 1.35. The summed E-state index contributed by atoms with van der Waals surface area (Å²) in [6.45, 7) is 5.22. The lowest BCUT2D eigenvalue weighted by molar-refractivity contribution is 0.00202. The molecule has 1 aliphatic carbocycles. The van der Waals surface area contributed by atoms with Crippen LogP contribution < -0.4 is 5.73 Å². The molecule has 16 heavy (non-hydrogen) atoms. The molecule has 2 rings (SSSR count). The third-order valence-electron chi connectivity index (χ3n) is 3.92. The lowest BCUT2D eigenvalue weighted by Crippen LogP contribution is -2.57. The Morgan fingerprint density at radius 3 is 2.94 bits per heavy atom. The monoisotopic (exact) mass is 225 g/mol. The summed E-state index contributed by atoms with van der Waals surface area (Å²) in [7, 11) is 1.81. The molecule has 1 spiro atoms. The van der Waals surface area contributed by atoms with Crippen molar-refractivity contribution in [1.82, 2.24) is 4.90 Å². The van der Waals surface area contributed by atoms with Crippen LogP contribution in [-0.2, 0) is 4.74 Å². The zero-order chi connectivity index (χ0) is 11.8. The van der Waals surface area contributed by atoms with Gasteiger partial charge in [-0.1, -0.05) is 0 Å². The fraction of sp³-hybridized carbons (Fsp3) is 0.917. The van der Waals surface area contributed by atoms with Crippen molar-refractivity contribution in [2.24, 2.45) is 10.7 Å². The summed E-state index contributed by atoms with van der Waals surface area (Å²) < 4.78 is 5.52. The summed E-state index contributed by atoms with van der Waals surface area (Å²) in [5.74, 6) is 0.715. The van der Waals surface area contributed by atoms with E-state index in [1.54, 1.807) is 0 Å². The van der Waals surface area contributed by atoms with Crippen molar-refractivity contribution in [3.8, 4) is 0 Å². The Hall–Kier alpha value is -0.770. The summed E-state index contributed by atoms with van der Waals surface area (Å²) in [5.41, 5.74) is 6.14. The first-order chi connectivity index (χ1) is 7.59.